The molecule has 7 heteroatoms. The highest BCUT2D eigenvalue weighted by molar-refractivity contribution is 7.89. The quantitative estimate of drug-likeness (QED) is 0.280. The van der Waals surface area contributed by atoms with Crippen LogP contribution in [-0.4, -0.2) is 21.5 Å². The Hall–Kier alpha value is -2.67. The first-order valence-electron chi connectivity index (χ1n) is 10.9. The van der Waals surface area contributed by atoms with Gasteiger partial charge in [-0.3, -0.25) is 4.79 Å². The van der Waals surface area contributed by atoms with Gasteiger partial charge in [-0.25, -0.2) is 8.42 Å². The molecule has 0 spiro atoms. The molecule has 0 aliphatic heterocycles. The Bertz CT molecular complexity index is 1130. The minimum absolute atomic E-state index is 0.163. The zero-order valence-electron chi connectivity index (χ0n) is 18.5. The number of carbonyl (C=O) groups is 1. The molecular formula is C26H28ClNO4S. The molecule has 1 N–H and O–H groups in total. The number of carbonyl (C=O) groups excluding carboxylic acids is 1. The number of benzene rings is 3. The lowest BCUT2D eigenvalue weighted by atomic mass is 9.97. The summed E-state index contributed by atoms with van der Waals surface area (Å²) in [6.07, 6.45) is 4.08. The van der Waals surface area contributed by atoms with E-state index in [-0.39, 0.29) is 10.9 Å². The van der Waals surface area contributed by atoms with Gasteiger partial charge >= 0.3 is 5.97 Å². The van der Waals surface area contributed by atoms with Gasteiger partial charge in [0.05, 0.1) is 18.0 Å². The van der Waals surface area contributed by atoms with Crippen molar-refractivity contribution in [2.45, 2.75) is 43.0 Å². The standard InChI is InChI=1S/C26H28ClNO4S/c1-32-25(29)11-7-2-4-8-20-12-14-22(15-13-20)26(21-9-5-3-6-10-21)28-33(30,31)24-18-16-23(27)17-19-24/h3,5-6,9-10,12-19,26,28H,2,4,7-8,11H2,1H3. The summed E-state index contributed by atoms with van der Waals surface area (Å²) in [6, 6.07) is 23.1. The number of esters is 1. The predicted octanol–water partition coefficient (Wildman–Crippen LogP) is 5.68. The molecule has 0 aliphatic carbocycles. The lowest BCUT2D eigenvalue weighted by Gasteiger charge is -2.20. The average molecular weight is 486 g/mol. The van der Waals surface area contributed by atoms with Crippen molar-refractivity contribution in [2.24, 2.45) is 0 Å². The lowest BCUT2D eigenvalue weighted by Crippen LogP contribution is -2.29. The molecule has 0 heterocycles. The van der Waals surface area contributed by atoms with E-state index in [9.17, 15) is 13.2 Å². The Morgan fingerprint density at radius 3 is 2.15 bits per heavy atom. The second-order valence-corrected chi connectivity index (χ2v) is 9.95. The van der Waals surface area contributed by atoms with Gasteiger partial charge < -0.3 is 4.74 Å². The summed E-state index contributed by atoms with van der Waals surface area (Å²) >= 11 is 5.91. The van der Waals surface area contributed by atoms with E-state index in [0.29, 0.717) is 11.4 Å². The minimum atomic E-state index is -3.76. The third-order valence-electron chi connectivity index (χ3n) is 5.42. The van der Waals surface area contributed by atoms with Crippen LogP contribution in [0.4, 0.5) is 0 Å². The van der Waals surface area contributed by atoms with Crippen LogP contribution < -0.4 is 4.72 Å². The van der Waals surface area contributed by atoms with Crippen molar-refractivity contribution in [3.63, 3.8) is 0 Å². The average Bonchev–Trinajstić information content (AvgIpc) is 2.83. The van der Waals surface area contributed by atoms with Crippen molar-refractivity contribution in [2.75, 3.05) is 7.11 Å². The van der Waals surface area contributed by atoms with E-state index >= 15 is 0 Å². The van der Waals surface area contributed by atoms with Crippen LogP contribution in [0.5, 0.6) is 0 Å². The van der Waals surface area contributed by atoms with Gasteiger partial charge in [0.25, 0.3) is 0 Å². The number of methoxy groups -OCH3 is 1. The smallest absolute Gasteiger partial charge is 0.305 e. The Kier molecular flexibility index (Phi) is 9.06. The van der Waals surface area contributed by atoms with Gasteiger partial charge in [-0.1, -0.05) is 72.6 Å². The summed E-state index contributed by atoms with van der Waals surface area (Å²) in [4.78, 5) is 11.4. The molecule has 33 heavy (non-hydrogen) atoms. The monoisotopic (exact) mass is 485 g/mol. The number of nitrogens with one attached hydrogen (secondary N) is 1. The minimum Gasteiger partial charge on any atom is -0.469 e. The van der Waals surface area contributed by atoms with Crippen LogP contribution in [0.2, 0.25) is 5.02 Å². The number of aryl methyl sites for hydroxylation is 1. The molecule has 3 aromatic carbocycles. The highest BCUT2D eigenvalue weighted by Crippen LogP contribution is 2.26. The van der Waals surface area contributed by atoms with Crippen molar-refractivity contribution in [1.82, 2.24) is 4.72 Å². The summed E-state index contributed by atoms with van der Waals surface area (Å²) in [5, 5.41) is 0.481. The van der Waals surface area contributed by atoms with Gasteiger partial charge in [-0.05, 0) is 60.2 Å². The zero-order valence-corrected chi connectivity index (χ0v) is 20.1. The molecule has 0 amide bonds. The Morgan fingerprint density at radius 2 is 1.52 bits per heavy atom. The maximum Gasteiger partial charge on any atom is 0.305 e. The van der Waals surface area contributed by atoms with E-state index in [1.807, 2.05) is 54.6 Å². The number of unbranched alkanes of at least 4 members (excludes halogenated alkanes) is 2. The molecule has 3 aromatic rings. The number of hydrogen-bond acceptors (Lipinski definition) is 4. The first-order valence-corrected chi connectivity index (χ1v) is 12.7. The van der Waals surface area contributed by atoms with Crippen LogP contribution in [0.25, 0.3) is 0 Å². The molecule has 0 radical (unpaired) electrons. The normalized spacial score (nSPS) is 12.3. The van der Waals surface area contributed by atoms with Crippen LogP contribution in [0.1, 0.15) is 48.4 Å². The summed E-state index contributed by atoms with van der Waals surface area (Å²) in [5.74, 6) is -0.174. The number of sulfonamides is 1. The first kappa shape index (κ1) is 25.0. The van der Waals surface area contributed by atoms with E-state index in [1.54, 1.807) is 12.1 Å². The predicted molar refractivity (Wildman–Crippen MR) is 131 cm³/mol. The van der Waals surface area contributed by atoms with Crippen LogP contribution in [-0.2, 0) is 26.0 Å². The van der Waals surface area contributed by atoms with Crippen molar-refractivity contribution in [1.29, 1.82) is 0 Å². The number of hydrogen-bond donors (Lipinski definition) is 1. The molecule has 0 aromatic heterocycles. The summed E-state index contributed by atoms with van der Waals surface area (Å²) in [6.45, 7) is 0. The van der Waals surface area contributed by atoms with E-state index < -0.39 is 16.1 Å². The van der Waals surface area contributed by atoms with E-state index in [0.717, 1.165) is 36.8 Å². The van der Waals surface area contributed by atoms with Gasteiger partial charge in [0.15, 0.2) is 0 Å². The molecule has 0 saturated heterocycles. The highest BCUT2D eigenvalue weighted by Gasteiger charge is 2.23. The maximum absolute atomic E-state index is 13.1. The fourth-order valence-electron chi connectivity index (χ4n) is 3.57. The molecule has 5 nitrogen and oxygen atoms in total. The van der Waals surface area contributed by atoms with Crippen LogP contribution >= 0.6 is 11.6 Å². The van der Waals surface area contributed by atoms with E-state index in [4.69, 9.17) is 11.6 Å². The molecule has 0 bridgehead atoms. The highest BCUT2D eigenvalue weighted by atomic mass is 35.5. The Morgan fingerprint density at radius 1 is 0.879 bits per heavy atom. The lowest BCUT2D eigenvalue weighted by molar-refractivity contribution is -0.140. The number of rotatable bonds is 11. The molecule has 1 atom stereocenters. The van der Waals surface area contributed by atoms with Crippen molar-refractivity contribution >= 4 is 27.6 Å². The third-order valence-corrected chi connectivity index (χ3v) is 7.11. The van der Waals surface area contributed by atoms with Gasteiger partial charge in [-0.2, -0.15) is 4.72 Å². The second kappa shape index (κ2) is 12.0. The van der Waals surface area contributed by atoms with Crippen molar-refractivity contribution in [3.8, 4) is 0 Å². The summed E-state index contributed by atoms with van der Waals surface area (Å²) < 4.78 is 33.6. The SMILES string of the molecule is COC(=O)CCCCCc1ccc(C(NS(=O)(=O)c2ccc(Cl)cc2)c2ccccc2)cc1. The van der Waals surface area contributed by atoms with Crippen molar-refractivity contribution < 1.29 is 17.9 Å². The van der Waals surface area contributed by atoms with E-state index in [2.05, 4.69) is 9.46 Å². The molecule has 3 rings (SSSR count). The topological polar surface area (TPSA) is 72.5 Å². The zero-order chi connectivity index (χ0) is 23.7. The van der Waals surface area contributed by atoms with Gasteiger partial charge in [-0.15, -0.1) is 0 Å². The molecule has 0 aliphatic rings. The third kappa shape index (κ3) is 7.42. The summed E-state index contributed by atoms with van der Waals surface area (Å²) in [7, 11) is -2.35. The van der Waals surface area contributed by atoms with Crippen LogP contribution in [0, 0.1) is 0 Å². The van der Waals surface area contributed by atoms with E-state index in [1.165, 1.54) is 24.8 Å². The fraction of sp³-hybridized carbons (Fsp3) is 0.269. The maximum atomic E-state index is 13.1. The first-order chi connectivity index (χ1) is 15.9. The van der Waals surface area contributed by atoms with Crippen molar-refractivity contribution in [3.05, 3.63) is 101 Å². The Labute approximate surface area is 200 Å². The molecule has 174 valence electrons. The summed E-state index contributed by atoms with van der Waals surface area (Å²) in [5.41, 5.74) is 2.88. The number of ether oxygens (including phenoxy) is 1. The van der Waals surface area contributed by atoms with Gasteiger partial charge in [0.1, 0.15) is 0 Å². The Balaban J connectivity index is 1.72. The van der Waals surface area contributed by atoms with Gasteiger partial charge in [0.2, 0.25) is 10.0 Å². The van der Waals surface area contributed by atoms with Gasteiger partial charge in [0, 0.05) is 11.4 Å². The van der Waals surface area contributed by atoms with Crippen LogP contribution in [0.3, 0.4) is 0 Å². The van der Waals surface area contributed by atoms with Crippen LogP contribution in [0.15, 0.2) is 83.8 Å². The number of halogens is 1. The second-order valence-electron chi connectivity index (χ2n) is 7.80. The molecular weight excluding hydrogens is 458 g/mol. The largest absolute Gasteiger partial charge is 0.469 e. The fourth-order valence-corrected chi connectivity index (χ4v) is 4.90. The molecule has 0 saturated carbocycles. The molecule has 1 unspecified atom stereocenters. The molecule has 0 fully saturated rings.